The Kier molecular flexibility index (Phi) is 5.70. The van der Waals surface area contributed by atoms with Crippen molar-refractivity contribution >= 4 is 0 Å². The smallest absolute Gasteiger partial charge is 0.123 e. The molecule has 1 fully saturated rings. The number of rotatable bonds is 5. The van der Waals surface area contributed by atoms with Gasteiger partial charge in [-0.1, -0.05) is 36.4 Å². The molecule has 0 spiro atoms. The maximum Gasteiger partial charge on any atom is 0.123 e. The molecule has 28 heavy (non-hydrogen) atoms. The van der Waals surface area contributed by atoms with E-state index in [1.54, 1.807) is 7.11 Å². The van der Waals surface area contributed by atoms with E-state index in [-0.39, 0.29) is 12.1 Å². The van der Waals surface area contributed by atoms with Gasteiger partial charge in [-0.05, 0) is 55.3 Å². The van der Waals surface area contributed by atoms with Gasteiger partial charge >= 0.3 is 0 Å². The molecular formula is C24H27N3O. The summed E-state index contributed by atoms with van der Waals surface area (Å²) in [5.41, 5.74) is 11.1. The highest BCUT2D eigenvalue weighted by atomic mass is 16.5. The van der Waals surface area contributed by atoms with E-state index in [0.717, 1.165) is 42.9 Å². The lowest BCUT2D eigenvalue weighted by atomic mass is 9.90. The van der Waals surface area contributed by atoms with E-state index >= 15 is 0 Å². The monoisotopic (exact) mass is 373 g/mol. The number of ether oxygens (including phenoxy) is 1. The number of hydrogen-bond donors (Lipinski definition) is 1. The third-order valence-electron chi connectivity index (χ3n) is 5.54. The van der Waals surface area contributed by atoms with Gasteiger partial charge in [0.05, 0.1) is 18.8 Å². The maximum absolute atomic E-state index is 6.56. The first-order valence-electron chi connectivity index (χ1n) is 9.89. The molecule has 4 nitrogen and oxygen atoms in total. The van der Waals surface area contributed by atoms with Crippen molar-refractivity contribution in [2.24, 2.45) is 5.73 Å². The van der Waals surface area contributed by atoms with Crippen molar-refractivity contribution in [1.82, 2.24) is 9.88 Å². The molecule has 1 aliphatic heterocycles. The molecule has 2 N–H and O–H groups in total. The molecule has 2 atom stereocenters. The highest BCUT2D eigenvalue weighted by Gasteiger charge is 2.30. The summed E-state index contributed by atoms with van der Waals surface area (Å²) in [4.78, 5) is 6.98. The van der Waals surface area contributed by atoms with E-state index in [2.05, 4.69) is 52.3 Å². The predicted molar refractivity (Wildman–Crippen MR) is 113 cm³/mol. The minimum Gasteiger partial charge on any atom is -0.496 e. The first-order chi connectivity index (χ1) is 13.8. The van der Waals surface area contributed by atoms with Crippen molar-refractivity contribution in [3.8, 4) is 17.0 Å². The van der Waals surface area contributed by atoms with Crippen LogP contribution >= 0.6 is 0 Å². The summed E-state index contributed by atoms with van der Waals surface area (Å²) >= 11 is 0. The van der Waals surface area contributed by atoms with Crippen LogP contribution in [0.2, 0.25) is 0 Å². The molecule has 0 saturated carbocycles. The summed E-state index contributed by atoms with van der Waals surface area (Å²) in [6, 6.07) is 23.3. The zero-order valence-electron chi connectivity index (χ0n) is 16.3. The Morgan fingerprint density at radius 2 is 1.89 bits per heavy atom. The fraction of sp³-hybridized carbons (Fsp3) is 0.292. The van der Waals surface area contributed by atoms with Crippen LogP contribution < -0.4 is 10.5 Å². The molecule has 0 unspecified atom stereocenters. The molecule has 0 bridgehead atoms. The summed E-state index contributed by atoms with van der Waals surface area (Å²) in [5, 5.41) is 0. The number of piperidine rings is 1. The van der Waals surface area contributed by atoms with Crippen LogP contribution in [0.15, 0.2) is 72.9 Å². The van der Waals surface area contributed by atoms with Crippen LogP contribution in [-0.4, -0.2) is 29.6 Å². The second-order valence-corrected chi connectivity index (χ2v) is 7.37. The number of likely N-dealkylation sites (tertiary alicyclic amines) is 1. The van der Waals surface area contributed by atoms with Crippen molar-refractivity contribution < 1.29 is 4.74 Å². The molecular weight excluding hydrogens is 346 g/mol. The summed E-state index contributed by atoms with van der Waals surface area (Å²) in [7, 11) is 1.73. The van der Waals surface area contributed by atoms with Gasteiger partial charge in [-0.2, -0.15) is 0 Å². The van der Waals surface area contributed by atoms with Gasteiger partial charge in [0.15, 0.2) is 0 Å². The number of nitrogens with two attached hydrogens (primary N) is 1. The van der Waals surface area contributed by atoms with Crippen molar-refractivity contribution in [2.45, 2.75) is 31.5 Å². The topological polar surface area (TPSA) is 51.4 Å². The molecule has 0 radical (unpaired) electrons. The number of benzene rings is 2. The zero-order valence-corrected chi connectivity index (χ0v) is 16.3. The zero-order chi connectivity index (χ0) is 19.3. The van der Waals surface area contributed by atoms with E-state index in [1.807, 2.05) is 30.5 Å². The van der Waals surface area contributed by atoms with Gasteiger partial charge in [-0.15, -0.1) is 0 Å². The number of aromatic nitrogens is 1. The number of methoxy groups -OCH3 is 1. The van der Waals surface area contributed by atoms with Crippen LogP contribution in [0.3, 0.4) is 0 Å². The number of pyridine rings is 1. The summed E-state index contributed by atoms with van der Waals surface area (Å²) in [5.74, 6) is 0.908. The average molecular weight is 374 g/mol. The van der Waals surface area contributed by atoms with E-state index in [9.17, 15) is 0 Å². The van der Waals surface area contributed by atoms with Crippen LogP contribution in [0.5, 0.6) is 5.75 Å². The van der Waals surface area contributed by atoms with E-state index in [0.29, 0.717) is 0 Å². The van der Waals surface area contributed by atoms with Gasteiger partial charge in [-0.25, -0.2) is 0 Å². The minimum atomic E-state index is 0.140. The molecule has 3 aromatic rings. The standard InChI is InChI=1S/C24H27N3O/c1-28-23-13-12-19(22-11-5-6-14-26-22)16-20(23)17-27-15-7-10-21(25)24(27)18-8-3-2-4-9-18/h2-6,8-9,11-14,16,21,24H,7,10,15,17,25H2,1H3/t21-,24-/m0/s1. The van der Waals surface area contributed by atoms with Crippen LogP contribution in [0.1, 0.15) is 30.0 Å². The molecule has 4 rings (SSSR count). The Balaban J connectivity index is 1.66. The predicted octanol–water partition coefficient (Wildman–Crippen LogP) is 4.42. The van der Waals surface area contributed by atoms with E-state index in [4.69, 9.17) is 10.5 Å². The highest BCUT2D eigenvalue weighted by molar-refractivity contribution is 5.62. The Hall–Kier alpha value is -2.69. The minimum absolute atomic E-state index is 0.140. The second-order valence-electron chi connectivity index (χ2n) is 7.37. The fourth-order valence-electron chi connectivity index (χ4n) is 4.20. The molecule has 0 aliphatic carbocycles. The molecule has 0 amide bonds. The normalized spacial score (nSPS) is 20.1. The van der Waals surface area contributed by atoms with E-state index in [1.165, 1.54) is 11.1 Å². The first-order valence-corrected chi connectivity index (χ1v) is 9.89. The van der Waals surface area contributed by atoms with Crippen molar-refractivity contribution in [2.75, 3.05) is 13.7 Å². The van der Waals surface area contributed by atoms with Crippen molar-refractivity contribution in [3.63, 3.8) is 0 Å². The largest absolute Gasteiger partial charge is 0.496 e. The van der Waals surface area contributed by atoms with Gasteiger partial charge in [-0.3, -0.25) is 9.88 Å². The summed E-state index contributed by atoms with van der Waals surface area (Å²) in [6.07, 6.45) is 4.00. The molecule has 2 heterocycles. The van der Waals surface area contributed by atoms with Crippen molar-refractivity contribution in [1.29, 1.82) is 0 Å². The molecule has 144 valence electrons. The van der Waals surface area contributed by atoms with Crippen LogP contribution in [0, 0.1) is 0 Å². The Bertz CT molecular complexity index is 898. The van der Waals surface area contributed by atoms with Crippen LogP contribution in [0.25, 0.3) is 11.3 Å². The summed E-state index contributed by atoms with van der Waals surface area (Å²) < 4.78 is 5.67. The number of hydrogen-bond acceptors (Lipinski definition) is 4. The lowest BCUT2D eigenvalue weighted by Gasteiger charge is -2.40. The van der Waals surface area contributed by atoms with Gasteiger partial charge in [0.25, 0.3) is 0 Å². The van der Waals surface area contributed by atoms with Crippen LogP contribution in [0.4, 0.5) is 0 Å². The Morgan fingerprint density at radius 3 is 2.64 bits per heavy atom. The first kappa shape index (κ1) is 18.7. The molecule has 1 aromatic heterocycles. The third kappa shape index (κ3) is 3.93. The quantitative estimate of drug-likeness (QED) is 0.719. The summed E-state index contributed by atoms with van der Waals surface area (Å²) in [6.45, 7) is 1.83. The SMILES string of the molecule is COc1ccc(-c2ccccn2)cc1CN1CCC[C@H](N)[C@@H]1c1ccccc1. The third-order valence-corrected chi connectivity index (χ3v) is 5.54. The molecule has 1 saturated heterocycles. The Labute approximate surface area is 167 Å². The molecule has 2 aromatic carbocycles. The van der Waals surface area contributed by atoms with E-state index < -0.39 is 0 Å². The van der Waals surface area contributed by atoms with Crippen LogP contribution in [-0.2, 0) is 6.54 Å². The fourth-order valence-corrected chi connectivity index (χ4v) is 4.20. The highest BCUT2D eigenvalue weighted by Crippen LogP contribution is 2.34. The Morgan fingerprint density at radius 1 is 1.07 bits per heavy atom. The maximum atomic E-state index is 6.56. The van der Waals surface area contributed by atoms with Gasteiger partial charge in [0.2, 0.25) is 0 Å². The lowest BCUT2D eigenvalue weighted by Crippen LogP contribution is -2.45. The molecule has 1 aliphatic rings. The average Bonchev–Trinajstić information content (AvgIpc) is 2.75. The van der Waals surface area contributed by atoms with Gasteiger partial charge in [0.1, 0.15) is 5.75 Å². The van der Waals surface area contributed by atoms with Gasteiger partial charge < -0.3 is 10.5 Å². The number of nitrogens with zero attached hydrogens (tertiary/aromatic N) is 2. The lowest BCUT2D eigenvalue weighted by molar-refractivity contribution is 0.119. The van der Waals surface area contributed by atoms with Crippen molar-refractivity contribution in [3.05, 3.63) is 84.1 Å². The second kappa shape index (κ2) is 8.55. The van der Waals surface area contributed by atoms with Gasteiger partial charge in [0, 0.05) is 29.9 Å². The molecule has 4 heteroatoms.